The van der Waals surface area contributed by atoms with Crippen molar-refractivity contribution in [1.82, 2.24) is 0 Å². The maximum Gasteiger partial charge on any atom is 0.170 e. The van der Waals surface area contributed by atoms with Crippen molar-refractivity contribution >= 4 is 12.4 Å². The number of halogens is 1. The molecule has 0 radical (unpaired) electrons. The fourth-order valence-electron chi connectivity index (χ4n) is 2.61. The molecule has 2 N–H and O–H groups in total. The smallest absolute Gasteiger partial charge is 0.170 e. The van der Waals surface area contributed by atoms with E-state index in [0.29, 0.717) is 11.5 Å². The van der Waals surface area contributed by atoms with Crippen LogP contribution in [0.1, 0.15) is 24.4 Å². The summed E-state index contributed by atoms with van der Waals surface area (Å²) in [6, 6.07) is 25.1. The molecule has 4 heteroatoms. The van der Waals surface area contributed by atoms with Gasteiger partial charge in [0.05, 0.1) is 0 Å². The van der Waals surface area contributed by atoms with Crippen LogP contribution in [0.3, 0.4) is 0 Å². The van der Waals surface area contributed by atoms with E-state index < -0.39 is 0 Å². The molecule has 0 bridgehead atoms. The Labute approximate surface area is 166 Å². The molecule has 0 aliphatic carbocycles. The summed E-state index contributed by atoms with van der Waals surface area (Å²) in [6.45, 7) is 3.76. The molecule has 0 spiro atoms. The second kappa shape index (κ2) is 10.4. The van der Waals surface area contributed by atoms with Gasteiger partial charge in [-0.1, -0.05) is 48.5 Å². The van der Waals surface area contributed by atoms with E-state index in [0.717, 1.165) is 29.9 Å². The van der Waals surface area contributed by atoms with Crippen LogP contribution in [-0.2, 0) is 0 Å². The Kier molecular flexibility index (Phi) is 7.93. The standard InChI is InChI=1S/C23H23NO2.ClH/c1-2-3-14-21(24)18-15-16-22(25-19-10-6-4-7-11-19)23(17-18)26-20-12-8-5-9-13-20;/h2,4-13,15-17,21H,1,3,14,24H2;1H/t21-;/m0./s1. The summed E-state index contributed by atoms with van der Waals surface area (Å²) in [7, 11) is 0. The molecule has 3 nitrogen and oxygen atoms in total. The molecule has 1 atom stereocenters. The Morgan fingerprint density at radius 3 is 1.93 bits per heavy atom. The summed E-state index contributed by atoms with van der Waals surface area (Å²) in [6.07, 6.45) is 3.60. The predicted octanol–water partition coefficient (Wildman–Crippen LogP) is 6.66. The number of rotatable bonds is 8. The normalized spacial score (nSPS) is 11.1. The first-order chi connectivity index (χ1) is 12.8. The third-order valence-electron chi connectivity index (χ3n) is 4.02. The van der Waals surface area contributed by atoms with E-state index in [1.54, 1.807) is 0 Å². The first-order valence-electron chi connectivity index (χ1n) is 8.72. The van der Waals surface area contributed by atoms with Gasteiger partial charge in [0.1, 0.15) is 11.5 Å². The number of hydrogen-bond donors (Lipinski definition) is 1. The molecule has 3 aromatic carbocycles. The molecule has 0 unspecified atom stereocenters. The van der Waals surface area contributed by atoms with Crippen molar-refractivity contribution in [2.75, 3.05) is 0 Å². The molecule has 0 saturated carbocycles. The van der Waals surface area contributed by atoms with Crippen LogP contribution in [0, 0.1) is 0 Å². The second-order valence-electron chi connectivity index (χ2n) is 6.01. The van der Waals surface area contributed by atoms with Crippen LogP contribution < -0.4 is 15.2 Å². The average molecular weight is 382 g/mol. The Morgan fingerprint density at radius 1 is 0.815 bits per heavy atom. The lowest BCUT2D eigenvalue weighted by atomic mass is 10.0. The molecule has 0 amide bonds. The van der Waals surface area contributed by atoms with Gasteiger partial charge in [0.25, 0.3) is 0 Å². The van der Waals surface area contributed by atoms with Gasteiger partial charge < -0.3 is 15.2 Å². The van der Waals surface area contributed by atoms with E-state index in [2.05, 4.69) is 6.58 Å². The van der Waals surface area contributed by atoms with Crippen LogP contribution in [0.5, 0.6) is 23.0 Å². The lowest BCUT2D eigenvalue weighted by Crippen LogP contribution is -2.10. The van der Waals surface area contributed by atoms with E-state index in [-0.39, 0.29) is 18.4 Å². The minimum absolute atomic E-state index is 0. The molecular formula is C23H24ClNO2. The topological polar surface area (TPSA) is 44.5 Å². The highest BCUT2D eigenvalue weighted by Crippen LogP contribution is 2.37. The van der Waals surface area contributed by atoms with Crippen molar-refractivity contribution in [3.05, 3.63) is 97.1 Å². The van der Waals surface area contributed by atoms with Gasteiger partial charge in [0, 0.05) is 6.04 Å². The maximum atomic E-state index is 6.30. The van der Waals surface area contributed by atoms with Crippen molar-refractivity contribution in [2.24, 2.45) is 5.73 Å². The lowest BCUT2D eigenvalue weighted by Gasteiger charge is -2.16. The van der Waals surface area contributed by atoms with E-state index in [1.165, 1.54) is 0 Å². The second-order valence-corrected chi connectivity index (χ2v) is 6.01. The number of hydrogen-bond acceptors (Lipinski definition) is 3. The molecule has 0 aromatic heterocycles. The van der Waals surface area contributed by atoms with Gasteiger partial charge >= 0.3 is 0 Å². The molecule has 3 aromatic rings. The number of allylic oxidation sites excluding steroid dienone is 1. The summed E-state index contributed by atoms with van der Waals surface area (Å²) in [5.74, 6) is 2.81. The summed E-state index contributed by atoms with van der Waals surface area (Å²) >= 11 is 0. The van der Waals surface area contributed by atoms with Crippen molar-refractivity contribution < 1.29 is 9.47 Å². The summed E-state index contributed by atoms with van der Waals surface area (Å²) in [5.41, 5.74) is 7.31. The Morgan fingerprint density at radius 2 is 1.37 bits per heavy atom. The zero-order valence-electron chi connectivity index (χ0n) is 15.1. The number of nitrogens with two attached hydrogens (primary N) is 1. The Balaban J connectivity index is 0.00000261. The van der Waals surface area contributed by atoms with Gasteiger partial charge in [-0.05, 0) is 54.8 Å². The van der Waals surface area contributed by atoms with Gasteiger partial charge in [0.2, 0.25) is 0 Å². The summed E-state index contributed by atoms with van der Waals surface area (Å²) in [5, 5.41) is 0. The van der Waals surface area contributed by atoms with Crippen LogP contribution in [0.2, 0.25) is 0 Å². The first kappa shape index (κ1) is 20.6. The monoisotopic (exact) mass is 381 g/mol. The van der Waals surface area contributed by atoms with Crippen LogP contribution in [0.4, 0.5) is 0 Å². The molecule has 140 valence electrons. The van der Waals surface area contributed by atoms with Gasteiger partial charge in [-0.3, -0.25) is 0 Å². The van der Waals surface area contributed by atoms with E-state index in [9.17, 15) is 0 Å². The highest BCUT2D eigenvalue weighted by Gasteiger charge is 2.13. The predicted molar refractivity (Wildman–Crippen MR) is 113 cm³/mol. The highest BCUT2D eigenvalue weighted by molar-refractivity contribution is 5.85. The first-order valence-corrected chi connectivity index (χ1v) is 8.72. The molecule has 0 heterocycles. The van der Waals surface area contributed by atoms with Crippen molar-refractivity contribution in [2.45, 2.75) is 18.9 Å². The average Bonchev–Trinajstić information content (AvgIpc) is 2.69. The minimum Gasteiger partial charge on any atom is -0.453 e. The largest absolute Gasteiger partial charge is 0.453 e. The van der Waals surface area contributed by atoms with Crippen LogP contribution in [0.25, 0.3) is 0 Å². The van der Waals surface area contributed by atoms with Crippen molar-refractivity contribution in [3.8, 4) is 23.0 Å². The van der Waals surface area contributed by atoms with Crippen LogP contribution in [-0.4, -0.2) is 0 Å². The van der Waals surface area contributed by atoms with Crippen LogP contribution in [0.15, 0.2) is 91.5 Å². The molecule has 0 aliphatic heterocycles. The Bertz CT molecular complexity index is 838. The number of para-hydroxylation sites is 2. The summed E-state index contributed by atoms with van der Waals surface area (Å²) in [4.78, 5) is 0. The van der Waals surface area contributed by atoms with E-state index in [1.807, 2.05) is 84.9 Å². The number of ether oxygens (including phenoxy) is 2. The van der Waals surface area contributed by atoms with E-state index in [4.69, 9.17) is 15.2 Å². The summed E-state index contributed by atoms with van der Waals surface area (Å²) < 4.78 is 12.1. The quantitative estimate of drug-likeness (QED) is 0.444. The third-order valence-corrected chi connectivity index (χ3v) is 4.02. The number of benzene rings is 3. The zero-order valence-corrected chi connectivity index (χ0v) is 15.9. The van der Waals surface area contributed by atoms with Gasteiger partial charge in [0.15, 0.2) is 11.5 Å². The molecule has 0 aliphatic rings. The molecule has 0 fully saturated rings. The third kappa shape index (κ3) is 5.88. The van der Waals surface area contributed by atoms with E-state index >= 15 is 0 Å². The van der Waals surface area contributed by atoms with Crippen LogP contribution >= 0.6 is 12.4 Å². The highest BCUT2D eigenvalue weighted by atomic mass is 35.5. The SMILES string of the molecule is C=CCC[C@H](N)c1ccc(Oc2ccccc2)c(Oc2ccccc2)c1.Cl. The van der Waals surface area contributed by atoms with Crippen molar-refractivity contribution in [3.63, 3.8) is 0 Å². The zero-order chi connectivity index (χ0) is 18.2. The van der Waals surface area contributed by atoms with Gasteiger partial charge in [-0.25, -0.2) is 0 Å². The molecule has 0 saturated heterocycles. The fourth-order valence-corrected chi connectivity index (χ4v) is 2.61. The van der Waals surface area contributed by atoms with Crippen molar-refractivity contribution in [1.29, 1.82) is 0 Å². The molecule has 27 heavy (non-hydrogen) atoms. The van der Waals surface area contributed by atoms with Gasteiger partial charge in [-0.15, -0.1) is 19.0 Å². The molecular weight excluding hydrogens is 358 g/mol. The van der Waals surface area contributed by atoms with Gasteiger partial charge in [-0.2, -0.15) is 0 Å². The maximum absolute atomic E-state index is 6.30. The molecule has 3 rings (SSSR count). The lowest BCUT2D eigenvalue weighted by molar-refractivity contribution is 0.417. The minimum atomic E-state index is -0.0723. The fraction of sp³-hybridized carbons (Fsp3) is 0.130. The Hall–Kier alpha value is -2.75.